The van der Waals surface area contributed by atoms with Crippen molar-refractivity contribution in [3.8, 4) is 11.5 Å². The molecule has 0 bridgehead atoms. The number of anilines is 2. The van der Waals surface area contributed by atoms with Crippen molar-refractivity contribution in [3.05, 3.63) is 59.5 Å². The van der Waals surface area contributed by atoms with Crippen molar-refractivity contribution in [2.45, 2.75) is 0 Å². The number of carbonyl (C=O) groups excluding carboxylic acids is 1. The number of rotatable bonds is 5. The number of esters is 1. The second kappa shape index (κ2) is 7.51. The zero-order valence-corrected chi connectivity index (χ0v) is 15.7. The number of hydrogen-bond donors (Lipinski definition) is 2. The quantitative estimate of drug-likeness (QED) is 0.629. The summed E-state index contributed by atoms with van der Waals surface area (Å²) in [4.78, 5) is 20.6. The summed E-state index contributed by atoms with van der Waals surface area (Å²) in [5, 5.41) is 13.6. The highest BCUT2D eigenvalue weighted by atomic mass is 16.5. The standard InChI is InChI=1S/C21H17N3O5/c1-27-14-7-5-13(6-8-14)24-20-17(21(26)28-2)18(25)16(29-20)10-12-11-23-19-15(12)4-3-9-22-19/h3-11,24-25H,1-2H3. The highest BCUT2D eigenvalue weighted by molar-refractivity contribution is 6.21. The van der Waals surface area contributed by atoms with Gasteiger partial charge in [-0.3, -0.25) is 0 Å². The van der Waals surface area contributed by atoms with Crippen LogP contribution in [0.4, 0.5) is 17.4 Å². The fourth-order valence-electron chi connectivity index (χ4n) is 2.90. The van der Waals surface area contributed by atoms with Crippen molar-refractivity contribution in [1.82, 2.24) is 4.98 Å². The molecule has 0 atom stereocenters. The number of aromatic hydroxyl groups is 1. The molecule has 0 saturated carbocycles. The van der Waals surface area contributed by atoms with E-state index in [1.54, 1.807) is 55.9 Å². The highest BCUT2D eigenvalue weighted by Gasteiger charge is 2.27. The number of allylic oxidation sites excluding steroid dienone is 1. The van der Waals surface area contributed by atoms with Crippen LogP contribution >= 0.6 is 0 Å². The summed E-state index contributed by atoms with van der Waals surface area (Å²) in [5.41, 5.74) is 2.04. The molecular formula is C21H17N3O5. The van der Waals surface area contributed by atoms with Gasteiger partial charge in [-0.25, -0.2) is 14.8 Å². The lowest BCUT2D eigenvalue weighted by Gasteiger charge is -2.06. The number of aliphatic imine (C=N–C) groups is 1. The SMILES string of the molecule is COC(=O)c1c(Nc2ccc(OC)cc2)oc(C=C2C=Nc3ncccc32)c1O. The van der Waals surface area contributed by atoms with E-state index in [0.29, 0.717) is 22.8 Å². The number of furan rings is 1. The van der Waals surface area contributed by atoms with Gasteiger partial charge in [0.2, 0.25) is 5.88 Å². The highest BCUT2D eigenvalue weighted by Crippen LogP contribution is 2.39. The first kappa shape index (κ1) is 18.3. The van der Waals surface area contributed by atoms with Crippen LogP contribution in [0, 0.1) is 0 Å². The largest absolute Gasteiger partial charge is 0.504 e. The molecule has 0 radical (unpaired) electrons. The fraction of sp³-hybridized carbons (Fsp3) is 0.0952. The van der Waals surface area contributed by atoms with Gasteiger partial charge < -0.3 is 24.3 Å². The monoisotopic (exact) mass is 391 g/mol. The minimum atomic E-state index is -0.728. The minimum Gasteiger partial charge on any atom is -0.504 e. The zero-order valence-electron chi connectivity index (χ0n) is 15.7. The number of nitrogens with one attached hydrogen (secondary N) is 1. The van der Waals surface area contributed by atoms with Gasteiger partial charge in [0.1, 0.15) is 5.75 Å². The van der Waals surface area contributed by atoms with Crippen molar-refractivity contribution < 1.29 is 23.8 Å². The predicted octanol–water partition coefficient (Wildman–Crippen LogP) is 4.18. The summed E-state index contributed by atoms with van der Waals surface area (Å²) in [6.45, 7) is 0. The van der Waals surface area contributed by atoms with E-state index in [1.807, 2.05) is 6.07 Å². The second-order valence-electron chi connectivity index (χ2n) is 6.10. The summed E-state index contributed by atoms with van der Waals surface area (Å²) < 4.78 is 15.7. The number of nitrogens with zero attached hydrogens (tertiary/aromatic N) is 2. The number of aromatic nitrogens is 1. The number of fused-ring (bicyclic) bond motifs is 1. The van der Waals surface area contributed by atoms with Gasteiger partial charge in [-0.1, -0.05) is 0 Å². The summed E-state index contributed by atoms with van der Waals surface area (Å²) in [5.74, 6) is 0.367. The number of ether oxygens (including phenoxy) is 2. The third-order valence-electron chi connectivity index (χ3n) is 4.36. The molecule has 3 heterocycles. The first-order valence-electron chi connectivity index (χ1n) is 8.67. The third-order valence-corrected chi connectivity index (χ3v) is 4.36. The number of pyridine rings is 1. The van der Waals surface area contributed by atoms with E-state index < -0.39 is 5.97 Å². The van der Waals surface area contributed by atoms with E-state index in [4.69, 9.17) is 13.9 Å². The van der Waals surface area contributed by atoms with Gasteiger partial charge in [-0.15, -0.1) is 0 Å². The van der Waals surface area contributed by atoms with Crippen molar-refractivity contribution in [2.75, 3.05) is 19.5 Å². The summed E-state index contributed by atoms with van der Waals surface area (Å²) in [7, 11) is 2.80. The molecule has 4 rings (SSSR count). The Bertz CT molecular complexity index is 1130. The molecule has 1 aliphatic heterocycles. The van der Waals surface area contributed by atoms with Crippen molar-refractivity contribution >= 4 is 41.2 Å². The molecule has 0 saturated heterocycles. The topological polar surface area (TPSA) is 106 Å². The van der Waals surface area contributed by atoms with Crippen LogP contribution < -0.4 is 10.1 Å². The Morgan fingerprint density at radius 3 is 2.72 bits per heavy atom. The molecule has 0 spiro atoms. The summed E-state index contributed by atoms with van der Waals surface area (Å²) >= 11 is 0. The minimum absolute atomic E-state index is 0.0627. The summed E-state index contributed by atoms with van der Waals surface area (Å²) in [6.07, 6.45) is 4.86. The Labute approximate surface area is 166 Å². The Hall–Kier alpha value is -4.07. The molecule has 0 fully saturated rings. The molecule has 8 nitrogen and oxygen atoms in total. The molecule has 8 heteroatoms. The Morgan fingerprint density at radius 2 is 2.00 bits per heavy atom. The van der Waals surface area contributed by atoms with Crippen LogP contribution in [0.5, 0.6) is 11.5 Å². The number of carbonyl (C=O) groups is 1. The number of methoxy groups -OCH3 is 2. The van der Waals surface area contributed by atoms with Crippen molar-refractivity contribution in [3.63, 3.8) is 0 Å². The van der Waals surface area contributed by atoms with Gasteiger partial charge in [0.05, 0.1) is 14.2 Å². The lowest BCUT2D eigenvalue weighted by Crippen LogP contribution is -2.03. The molecule has 29 heavy (non-hydrogen) atoms. The number of benzene rings is 1. The molecule has 0 aliphatic carbocycles. The van der Waals surface area contributed by atoms with E-state index in [0.717, 1.165) is 5.56 Å². The summed E-state index contributed by atoms with van der Waals surface area (Å²) in [6, 6.07) is 10.7. The molecule has 2 N–H and O–H groups in total. The molecule has 0 amide bonds. The lowest BCUT2D eigenvalue weighted by molar-refractivity contribution is 0.0598. The molecule has 2 aromatic heterocycles. The van der Waals surface area contributed by atoms with E-state index in [1.165, 1.54) is 7.11 Å². The van der Waals surface area contributed by atoms with Crippen LogP contribution in [0.3, 0.4) is 0 Å². The Kier molecular flexibility index (Phi) is 4.74. The van der Waals surface area contributed by atoms with E-state index in [9.17, 15) is 9.90 Å². The van der Waals surface area contributed by atoms with E-state index in [2.05, 4.69) is 15.3 Å². The van der Waals surface area contributed by atoms with Crippen LogP contribution in [0.15, 0.2) is 52.0 Å². The second-order valence-corrected chi connectivity index (χ2v) is 6.10. The van der Waals surface area contributed by atoms with Crippen LogP contribution in [-0.2, 0) is 4.74 Å². The van der Waals surface area contributed by atoms with E-state index >= 15 is 0 Å². The van der Waals surface area contributed by atoms with Crippen LogP contribution in [0.1, 0.15) is 21.7 Å². The maximum absolute atomic E-state index is 12.2. The molecule has 1 aliphatic rings. The van der Waals surface area contributed by atoms with E-state index in [-0.39, 0.29) is 23.0 Å². The predicted molar refractivity (Wildman–Crippen MR) is 108 cm³/mol. The van der Waals surface area contributed by atoms with Crippen molar-refractivity contribution in [1.29, 1.82) is 0 Å². The lowest BCUT2D eigenvalue weighted by atomic mass is 10.1. The third kappa shape index (κ3) is 3.43. The maximum atomic E-state index is 12.2. The average molecular weight is 391 g/mol. The van der Waals surface area contributed by atoms with Gasteiger partial charge in [-0.2, -0.15) is 0 Å². The Balaban J connectivity index is 1.73. The molecule has 3 aromatic rings. The van der Waals surface area contributed by atoms with Gasteiger partial charge in [0.25, 0.3) is 0 Å². The average Bonchev–Trinajstić information content (AvgIpc) is 3.29. The molecule has 0 unspecified atom stereocenters. The van der Waals surface area contributed by atoms with Gasteiger partial charge in [0.15, 0.2) is 22.9 Å². The van der Waals surface area contributed by atoms with Gasteiger partial charge in [0, 0.05) is 29.2 Å². The zero-order chi connectivity index (χ0) is 20.4. The van der Waals surface area contributed by atoms with Crippen LogP contribution in [0.2, 0.25) is 0 Å². The fourth-order valence-corrected chi connectivity index (χ4v) is 2.90. The first-order chi connectivity index (χ1) is 14.1. The van der Waals surface area contributed by atoms with Crippen molar-refractivity contribution in [2.24, 2.45) is 4.99 Å². The Morgan fingerprint density at radius 1 is 1.21 bits per heavy atom. The smallest absolute Gasteiger partial charge is 0.347 e. The van der Waals surface area contributed by atoms with Gasteiger partial charge in [-0.05, 0) is 42.5 Å². The number of hydrogen-bond acceptors (Lipinski definition) is 8. The normalized spacial score (nSPS) is 13.4. The molecule has 1 aromatic carbocycles. The van der Waals surface area contributed by atoms with Crippen LogP contribution in [0.25, 0.3) is 11.6 Å². The maximum Gasteiger partial charge on any atom is 0.347 e. The molecule has 146 valence electrons. The van der Waals surface area contributed by atoms with Gasteiger partial charge >= 0.3 is 5.97 Å². The first-order valence-corrected chi connectivity index (χ1v) is 8.67. The molecular weight excluding hydrogens is 374 g/mol. The van der Waals surface area contributed by atoms with Crippen LogP contribution in [-0.4, -0.2) is 36.5 Å².